The molecule has 1 aliphatic heterocycles. The van der Waals surface area contributed by atoms with Crippen LogP contribution in [0.15, 0.2) is 23.4 Å². The second-order valence-corrected chi connectivity index (χ2v) is 5.12. The molecule has 17 heavy (non-hydrogen) atoms. The third-order valence-electron chi connectivity index (χ3n) is 2.66. The van der Waals surface area contributed by atoms with Crippen molar-refractivity contribution in [2.45, 2.75) is 27.2 Å². The number of carbonyl (C=O) groups is 1. The zero-order valence-corrected chi connectivity index (χ0v) is 10.3. The molecule has 1 amide bonds. The molecule has 0 spiro atoms. The second-order valence-electron chi connectivity index (χ2n) is 5.12. The summed E-state index contributed by atoms with van der Waals surface area (Å²) in [5.74, 6) is 0.405. The maximum Gasteiger partial charge on any atom is 0.253 e. The highest BCUT2D eigenvalue weighted by Gasteiger charge is 2.31. The summed E-state index contributed by atoms with van der Waals surface area (Å²) >= 11 is 0. The molecule has 0 unspecified atom stereocenters. The fourth-order valence-corrected chi connectivity index (χ4v) is 1.57. The molecule has 5 heteroatoms. The van der Waals surface area contributed by atoms with Crippen molar-refractivity contribution in [1.82, 2.24) is 4.98 Å². The third-order valence-corrected chi connectivity index (χ3v) is 2.66. The molecule has 1 aliphatic rings. The summed E-state index contributed by atoms with van der Waals surface area (Å²) in [6, 6.07) is 3.41. The lowest BCUT2D eigenvalue weighted by Gasteiger charge is -2.16. The van der Waals surface area contributed by atoms with E-state index in [1.165, 1.54) is 5.01 Å². The summed E-state index contributed by atoms with van der Waals surface area (Å²) in [5, 5.41) is 5.76. The molecule has 0 radical (unpaired) electrons. The Balaban J connectivity index is 2.31. The van der Waals surface area contributed by atoms with E-state index in [-0.39, 0.29) is 11.3 Å². The van der Waals surface area contributed by atoms with Crippen molar-refractivity contribution < 1.29 is 4.79 Å². The first-order valence-corrected chi connectivity index (χ1v) is 5.50. The van der Waals surface area contributed by atoms with Crippen LogP contribution in [-0.2, 0) is 4.79 Å². The lowest BCUT2D eigenvalue weighted by molar-refractivity contribution is -0.116. The predicted molar refractivity (Wildman–Crippen MR) is 67.6 cm³/mol. The van der Waals surface area contributed by atoms with Gasteiger partial charge in [-0.2, -0.15) is 10.1 Å². The van der Waals surface area contributed by atoms with Crippen LogP contribution in [0.3, 0.4) is 0 Å². The first-order valence-electron chi connectivity index (χ1n) is 5.50. The molecule has 2 heterocycles. The molecule has 2 N–H and O–H groups in total. The minimum absolute atomic E-state index is 0.0264. The molecule has 0 aliphatic carbocycles. The number of hydrazone groups is 1. The van der Waals surface area contributed by atoms with Gasteiger partial charge in [0, 0.05) is 5.41 Å². The molecule has 90 valence electrons. The van der Waals surface area contributed by atoms with Gasteiger partial charge in [0.15, 0.2) is 0 Å². The van der Waals surface area contributed by atoms with Gasteiger partial charge in [0.25, 0.3) is 5.91 Å². The Morgan fingerprint density at radius 3 is 2.53 bits per heavy atom. The van der Waals surface area contributed by atoms with Crippen LogP contribution < -0.4 is 10.7 Å². The Kier molecular flexibility index (Phi) is 2.61. The van der Waals surface area contributed by atoms with Crippen LogP contribution in [-0.4, -0.2) is 16.6 Å². The number of amides is 1. The van der Waals surface area contributed by atoms with Gasteiger partial charge in [-0.05, 0) is 12.1 Å². The number of nitrogens with two attached hydrogens (primary N) is 1. The summed E-state index contributed by atoms with van der Waals surface area (Å²) < 4.78 is 0. The quantitative estimate of drug-likeness (QED) is 0.802. The maximum absolute atomic E-state index is 11.9. The fourth-order valence-electron chi connectivity index (χ4n) is 1.57. The zero-order valence-electron chi connectivity index (χ0n) is 10.3. The fraction of sp³-hybridized carbons (Fsp3) is 0.417. The van der Waals surface area contributed by atoms with E-state index in [1.807, 2.05) is 20.8 Å². The van der Waals surface area contributed by atoms with Crippen LogP contribution in [0.5, 0.6) is 0 Å². The van der Waals surface area contributed by atoms with Crippen molar-refractivity contribution in [3.05, 3.63) is 18.3 Å². The first kappa shape index (κ1) is 11.6. The molecule has 1 aromatic rings. The van der Waals surface area contributed by atoms with Gasteiger partial charge in [0.05, 0.1) is 24.0 Å². The Labute approximate surface area is 100 Å². The number of hydrogen-bond acceptors (Lipinski definition) is 4. The monoisotopic (exact) mass is 232 g/mol. The van der Waals surface area contributed by atoms with Crippen molar-refractivity contribution in [2.75, 3.05) is 10.7 Å². The number of aromatic nitrogens is 1. The zero-order chi connectivity index (χ0) is 12.6. The Morgan fingerprint density at radius 2 is 2.06 bits per heavy atom. The van der Waals surface area contributed by atoms with E-state index in [4.69, 9.17) is 5.73 Å². The van der Waals surface area contributed by atoms with Gasteiger partial charge in [0.2, 0.25) is 0 Å². The highest BCUT2D eigenvalue weighted by atomic mass is 16.2. The largest absolute Gasteiger partial charge is 0.384 e. The molecule has 0 bridgehead atoms. The second kappa shape index (κ2) is 3.84. The SMILES string of the molecule is CC(C)(C)C1=NN(c2ccc(N)nc2)C(=O)C1. The van der Waals surface area contributed by atoms with Crippen LogP contribution in [0.2, 0.25) is 0 Å². The van der Waals surface area contributed by atoms with Crippen LogP contribution in [0.4, 0.5) is 11.5 Å². The van der Waals surface area contributed by atoms with E-state index in [0.717, 1.165) is 5.71 Å². The van der Waals surface area contributed by atoms with Crippen molar-refractivity contribution >= 4 is 23.1 Å². The van der Waals surface area contributed by atoms with Crippen molar-refractivity contribution in [2.24, 2.45) is 10.5 Å². The van der Waals surface area contributed by atoms with E-state index in [9.17, 15) is 4.79 Å². The van der Waals surface area contributed by atoms with Gasteiger partial charge in [-0.3, -0.25) is 4.79 Å². The van der Waals surface area contributed by atoms with Crippen LogP contribution >= 0.6 is 0 Å². The standard InChI is InChI=1S/C12H16N4O/c1-12(2,3)9-6-11(17)16(15-9)8-4-5-10(13)14-7-8/h4-5,7H,6H2,1-3H3,(H2,13,14). The molecule has 0 fully saturated rings. The summed E-state index contributed by atoms with van der Waals surface area (Å²) in [5.41, 5.74) is 6.96. The summed E-state index contributed by atoms with van der Waals surface area (Å²) in [6.45, 7) is 6.14. The van der Waals surface area contributed by atoms with E-state index < -0.39 is 0 Å². The number of rotatable bonds is 1. The average Bonchev–Trinajstić information content (AvgIpc) is 2.61. The number of carbonyl (C=O) groups excluding carboxylic acids is 1. The maximum atomic E-state index is 11.9. The van der Waals surface area contributed by atoms with E-state index in [2.05, 4.69) is 10.1 Å². The molecule has 0 saturated carbocycles. The van der Waals surface area contributed by atoms with Gasteiger partial charge in [-0.15, -0.1) is 0 Å². The van der Waals surface area contributed by atoms with E-state index in [0.29, 0.717) is 17.9 Å². The number of hydrogen-bond donors (Lipinski definition) is 1. The van der Waals surface area contributed by atoms with Gasteiger partial charge in [-0.25, -0.2) is 4.98 Å². The highest BCUT2D eigenvalue weighted by Crippen LogP contribution is 2.27. The van der Waals surface area contributed by atoms with Gasteiger partial charge in [-0.1, -0.05) is 20.8 Å². The van der Waals surface area contributed by atoms with E-state index >= 15 is 0 Å². The number of nitrogens with zero attached hydrogens (tertiary/aromatic N) is 3. The Morgan fingerprint density at radius 1 is 1.35 bits per heavy atom. The van der Waals surface area contributed by atoms with Crippen molar-refractivity contribution in [3.63, 3.8) is 0 Å². The van der Waals surface area contributed by atoms with Crippen LogP contribution in [0.1, 0.15) is 27.2 Å². The van der Waals surface area contributed by atoms with Gasteiger partial charge in [0.1, 0.15) is 5.82 Å². The first-order chi connectivity index (χ1) is 7.88. The van der Waals surface area contributed by atoms with Crippen molar-refractivity contribution in [3.8, 4) is 0 Å². The van der Waals surface area contributed by atoms with Crippen LogP contribution in [0.25, 0.3) is 0 Å². The minimum atomic E-state index is -0.0916. The summed E-state index contributed by atoms with van der Waals surface area (Å²) in [7, 11) is 0. The van der Waals surface area contributed by atoms with Gasteiger partial charge >= 0.3 is 0 Å². The Hall–Kier alpha value is -1.91. The molecular formula is C12H16N4O. The molecular weight excluding hydrogens is 216 g/mol. The number of nitrogen functional groups attached to an aromatic ring is 1. The van der Waals surface area contributed by atoms with Gasteiger partial charge < -0.3 is 5.73 Å². The lowest BCUT2D eigenvalue weighted by Crippen LogP contribution is -2.20. The molecule has 0 aromatic carbocycles. The highest BCUT2D eigenvalue weighted by molar-refractivity contribution is 6.14. The van der Waals surface area contributed by atoms with Crippen molar-refractivity contribution in [1.29, 1.82) is 0 Å². The lowest BCUT2D eigenvalue weighted by atomic mass is 9.88. The molecule has 0 saturated heterocycles. The Bertz CT molecular complexity index is 470. The summed E-state index contributed by atoms with van der Waals surface area (Å²) in [4.78, 5) is 15.8. The molecule has 2 rings (SSSR count). The summed E-state index contributed by atoms with van der Waals surface area (Å²) in [6.07, 6.45) is 1.93. The normalized spacial score (nSPS) is 16.3. The molecule has 0 atom stereocenters. The van der Waals surface area contributed by atoms with E-state index in [1.54, 1.807) is 18.3 Å². The third kappa shape index (κ3) is 2.27. The molecule has 1 aromatic heterocycles. The van der Waals surface area contributed by atoms with Crippen LogP contribution in [0, 0.1) is 5.41 Å². The predicted octanol–water partition coefficient (Wildman–Crippen LogP) is 1.80. The number of anilines is 2. The smallest absolute Gasteiger partial charge is 0.253 e. The molecule has 5 nitrogen and oxygen atoms in total. The minimum Gasteiger partial charge on any atom is -0.384 e. The topological polar surface area (TPSA) is 71.6 Å². The number of pyridine rings is 1. The average molecular weight is 232 g/mol.